The lowest BCUT2D eigenvalue weighted by molar-refractivity contribution is -0.142. The van der Waals surface area contributed by atoms with Crippen molar-refractivity contribution in [1.29, 1.82) is 5.26 Å². The highest BCUT2D eigenvalue weighted by atomic mass is 35.5. The third-order valence-corrected chi connectivity index (χ3v) is 4.13. The molecule has 1 aromatic carbocycles. The maximum absolute atomic E-state index is 12.0. The number of nitriles is 1. The van der Waals surface area contributed by atoms with Gasteiger partial charge >= 0.3 is 5.97 Å². The molecule has 1 N–H and O–H groups in total. The highest BCUT2D eigenvalue weighted by Gasteiger charge is 2.15. The monoisotopic (exact) mass is 419 g/mol. The number of esters is 1. The molecule has 0 aliphatic heterocycles. The Hall–Kier alpha value is -3.08. The van der Waals surface area contributed by atoms with E-state index in [9.17, 15) is 9.59 Å². The molecular formula is C19H15Cl2N3O4. The van der Waals surface area contributed by atoms with Gasteiger partial charge in [0.2, 0.25) is 0 Å². The van der Waals surface area contributed by atoms with E-state index in [1.54, 1.807) is 37.3 Å². The maximum Gasteiger partial charge on any atom is 0.349 e. The standard InChI is InChI=1S/C19H15Cl2N3O4/c1-11-15(20)8-16(21)18(23-11)24-17(25)10-28-19(26)13(9-22)7-12-3-5-14(27-2)6-4-12/h3-8H,10H2,1-2H3,(H,23,24,25). The van der Waals surface area contributed by atoms with Crippen LogP contribution in [-0.2, 0) is 14.3 Å². The first-order valence-electron chi connectivity index (χ1n) is 7.89. The van der Waals surface area contributed by atoms with Gasteiger partial charge in [0.1, 0.15) is 17.4 Å². The van der Waals surface area contributed by atoms with Gasteiger partial charge in [-0.15, -0.1) is 0 Å². The van der Waals surface area contributed by atoms with E-state index in [1.165, 1.54) is 19.3 Å². The van der Waals surface area contributed by atoms with Crippen LogP contribution in [0.15, 0.2) is 35.9 Å². The number of benzene rings is 1. The Bertz CT molecular complexity index is 966. The number of halogens is 2. The number of aromatic nitrogens is 1. The van der Waals surface area contributed by atoms with Crippen molar-refractivity contribution in [2.75, 3.05) is 19.0 Å². The van der Waals surface area contributed by atoms with Crippen molar-refractivity contribution in [2.45, 2.75) is 6.92 Å². The minimum Gasteiger partial charge on any atom is -0.497 e. The summed E-state index contributed by atoms with van der Waals surface area (Å²) < 4.78 is 9.92. The third kappa shape index (κ3) is 5.71. The van der Waals surface area contributed by atoms with Crippen molar-refractivity contribution >= 4 is 47.0 Å². The number of hydrogen-bond donors (Lipinski definition) is 1. The molecule has 2 aromatic rings. The number of ether oxygens (including phenoxy) is 2. The molecule has 0 atom stereocenters. The molecule has 144 valence electrons. The van der Waals surface area contributed by atoms with Gasteiger partial charge in [-0.05, 0) is 36.8 Å². The number of pyridine rings is 1. The molecule has 2 rings (SSSR count). The third-order valence-electron chi connectivity index (χ3n) is 3.46. The van der Waals surface area contributed by atoms with Crippen LogP contribution in [0.2, 0.25) is 10.0 Å². The molecule has 7 nitrogen and oxygen atoms in total. The lowest BCUT2D eigenvalue weighted by Gasteiger charge is -2.08. The van der Waals surface area contributed by atoms with Gasteiger partial charge in [0.25, 0.3) is 5.91 Å². The molecule has 28 heavy (non-hydrogen) atoms. The summed E-state index contributed by atoms with van der Waals surface area (Å²) in [7, 11) is 1.53. The number of carbonyl (C=O) groups excluding carboxylic acids is 2. The van der Waals surface area contributed by atoms with E-state index in [1.807, 2.05) is 0 Å². The lowest BCUT2D eigenvalue weighted by Crippen LogP contribution is -2.22. The van der Waals surface area contributed by atoms with Crippen LogP contribution in [0.1, 0.15) is 11.3 Å². The Labute approximate surface area is 171 Å². The number of nitrogens with zero attached hydrogens (tertiary/aromatic N) is 2. The number of carbonyl (C=O) groups is 2. The van der Waals surface area contributed by atoms with Gasteiger partial charge in [0, 0.05) is 0 Å². The van der Waals surface area contributed by atoms with Crippen LogP contribution in [-0.4, -0.2) is 30.6 Å². The Morgan fingerprint density at radius 2 is 1.93 bits per heavy atom. The van der Waals surface area contributed by atoms with Crippen LogP contribution in [0, 0.1) is 18.3 Å². The normalized spacial score (nSPS) is 10.8. The average Bonchev–Trinajstić information content (AvgIpc) is 2.68. The summed E-state index contributed by atoms with van der Waals surface area (Å²) in [6, 6.07) is 9.91. The van der Waals surface area contributed by atoms with Crippen LogP contribution in [0.5, 0.6) is 5.75 Å². The highest BCUT2D eigenvalue weighted by Crippen LogP contribution is 2.25. The number of nitrogens with one attached hydrogen (secondary N) is 1. The van der Waals surface area contributed by atoms with Gasteiger partial charge in [0.15, 0.2) is 12.4 Å². The first-order valence-corrected chi connectivity index (χ1v) is 8.65. The predicted octanol–water partition coefficient (Wildman–Crippen LogP) is 3.79. The molecule has 0 aliphatic carbocycles. The average molecular weight is 420 g/mol. The molecule has 1 heterocycles. The predicted molar refractivity (Wildman–Crippen MR) is 105 cm³/mol. The van der Waals surface area contributed by atoms with Crippen molar-refractivity contribution in [3.05, 3.63) is 57.2 Å². The van der Waals surface area contributed by atoms with E-state index in [-0.39, 0.29) is 16.4 Å². The lowest BCUT2D eigenvalue weighted by atomic mass is 10.1. The molecule has 1 aromatic heterocycles. The van der Waals surface area contributed by atoms with Crippen molar-refractivity contribution in [2.24, 2.45) is 0 Å². The molecule has 0 unspecified atom stereocenters. The van der Waals surface area contributed by atoms with Crippen LogP contribution >= 0.6 is 23.2 Å². The van der Waals surface area contributed by atoms with E-state index < -0.39 is 18.5 Å². The second-order valence-electron chi connectivity index (χ2n) is 5.45. The molecule has 0 bridgehead atoms. The van der Waals surface area contributed by atoms with Crippen molar-refractivity contribution in [1.82, 2.24) is 4.98 Å². The number of methoxy groups -OCH3 is 1. The van der Waals surface area contributed by atoms with Gasteiger partial charge < -0.3 is 14.8 Å². The summed E-state index contributed by atoms with van der Waals surface area (Å²) in [5.41, 5.74) is 0.829. The summed E-state index contributed by atoms with van der Waals surface area (Å²) in [5, 5.41) is 12.1. The van der Waals surface area contributed by atoms with Crippen LogP contribution in [0.3, 0.4) is 0 Å². The summed E-state index contributed by atoms with van der Waals surface area (Å²) >= 11 is 11.8. The smallest absolute Gasteiger partial charge is 0.349 e. The Balaban J connectivity index is 1.99. The number of hydrogen-bond acceptors (Lipinski definition) is 6. The van der Waals surface area contributed by atoms with Gasteiger partial charge in [-0.1, -0.05) is 35.3 Å². The van der Waals surface area contributed by atoms with Crippen LogP contribution in [0.25, 0.3) is 6.08 Å². The first-order chi connectivity index (χ1) is 13.3. The summed E-state index contributed by atoms with van der Waals surface area (Å²) in [6.45, 7) is 1.04. The Morgan fingerprint density at radius 1 is 1.25 bits per heavy atom. The summed E-state index contributed by atoms with van der Waals surface area (Å²) in [5.74, 6) is -0.857. The van der Waals surface area contributed by atoms with Gasteiger partial charge in [0.05, 0.1) is 22.8 Å². The van der Waals surface area contributed by atoms with Crippen molar-refractivity contribution in [3.63, 3.8) is 0 Å². The zero-order valence-corrected chi connectivity index (χ0v) is 16.5. The fourth-order valence-electron chi connectivity index (χ4n) is 2.03. The van der Waals surface area contributed by atoms with E-state index >= 15 is 0 Å². The maximum atomic E-state index is 12.0. The fraction of sp³-hybridized carbons (Fsp3) is 0.158. The van der Waals surface area contributed by atoms with Crippen LogP contribution in [0.4, 0.5) is 5.82 Å². The molecule has 0 spiro atoms. The molecule has 0 fully saturated rings. The SMILES string of the molecule is COc1ccc(C=C(C#N)C(=O)OCC(=O)Nc2nc(C)c(Cl)cc2Cl)cc1. The minimum atomic E-state index is -0.931. The largest absolute Gasteiger partial charge is 0.497 e. The minimum absolute atomic E-state index is 0.0962. The molecule has 1 amide bonds. The van der Waals surface area contributed by atoms with E-state index in [0.29, 0.717) is 22.0 Å². The zero-order valence-electron chi connectivity index (χ0n) is 15.0. The molecule has 0 aliphatic rings. The zero-order chi connectivity index (χ0) is 20.7. The second kappa shape index (κ2) is 9.74. The quantitative estimate of drug-likeness (QED) is 0.434. The summed E-state index contributed by atoms with van der Waals surface area (Å²) in [4.78, 5) is 28.1. The fourth-order valence-corrected chi connectivity index (χ4v) is 2.43. The molecule has 0 saturated heterocycles. The van der Waals surface area contributed by atoms with E-state index in [0.717, 1.165) is 0 Å². The topological polar surface area (TPSA) is 101 Å². The first kappa shape index (κ1) is 21.2. The van der Waals surface area contributed by atoms with E-state index in [4.69, 9.17) is 37.9 Å². The van der Waals surface area contributed by atoms with Crippen molar-refractivity contribution < 1.29 is 19.1 Å². The second-order valence-corrected chi connectivity index (χ2v) is 6.27. The molecule has 0 radical (unpaired) electrons. The Morgan fingerprint density at radius 3 is 2.54 bits per heavy atom. The van der Waals surface area contributed by atoms with Gasteiger partial charge in [-0.3, -0.25) is 4.79 Å². The Kier molecular flexibility index (Phi) is 7.38. The number of aryl methyl sites for hydroxylation is 1. The van der Waals surface area contributed by atoms with Crippen molar-refractivity contribution in [3.8, 4) is 11.8 Å². The van der Waals surface area contributed by atoms with Gasteiger partial charge in [-0.2, -0.15) is 5.26 Å². The van der Waals surface area contributed by atoms with E-state index in [2.05, 4.69) is 10.3 Å². The summed E-state index contributed by atoms with van der Waals surface area (Å²) in [6.07, 6.45) is 1.35. The van der Waals surface area contributed by atoms with Crippen LogP contribution < -0.4 is 10.1 Å². The number of rotatable bonds is 6. The number of amides is 1. The number of anilines is 1. The molecular weight excluding hydrogens is 405 g/mol. The molecule has 9 heteroatoms. The van der Waals surface area contributed by atoms with Gasteiger partial charge in [-0.25, -0.2) is 9.78 Å². The highest BCUT2D eigenvalue weighted by molar-refractivity contribution is 6.36. The molecule has 0 saturated carbocycles.